The van der Waals surface area contributed by atoms with Crippen molar-refractivity contribution in [2.45, 2.75) is 32.1 Å². The number of rotatable bonds is 4. The molecule has 0 aliphatic carbocycles. The van der Waals surface area contributed by atoms with Crippen LogP contribution < -0.4 is 15.0 Å². The average molecular weight is 404 g/mol. The molecule has 1 saturated heterocycles. The molecular weight excluding hydrogens is 380 g/mol. The van der Waals surface area contributed by atoms with Gasteiger partial charge in [0.1, 0.15) is 11.6 Å². The lowest BCUT2D eigenvalue weighted by Crippen LogP contribution is -2.25. The third-order valence-corrected chi connectivity index (χ3v) is 5.88. The minimum Gasteiger partial charge on any atom is -0.497 e. The molecule has 2 aliphatic rings. The Morgan fingerprint density at radius 3 is 2.60 bits per heavy atom. The van der Waals surface area contributed by atoms with E-state index >= 15 is 0 Å². The molecular formula is C22H24N6O2. The number of ether oxygens (including phenoxy) is 1. The first kappa shape index (κ1) is 18.6. The van der Waals surface area contributed by atoms with Gasteiger partial charge in [0, 0.05) is 31.0 Å². The van der Waals surface area contributed by atoms with Crippen molar-refractivity contribution in [1.29, 1.82) is 0 Å². The number of hydrogen-bond donors (Lipinski definition) is 1. The Morgan fingerprint density at radius 1 is 1.10 bits per heavy atom. The van der Waals surface area contributed by atoms with Crippen molar-refractivity contribution in [3.8, 4) is 11.6 Å². The molecule has 4 heterocycles. The molecule has 5 rings (SSSR count). The van der Waals surface area contributed by atoms with Gasteiger partial charge in [-0.15, -0.1) is 10.2 Å². The zero-order valence-corrected chi connectivity index (χ0v) is 17.1. The summed E-state index contributed by atoms with van der Waals surface area (Å²) < 4.78 is 7.07. The molecule has 154 valence electrons. The Kier molecular flexibility index (Phi) is 4.61. The standard InChI is InChI=1S/C22H24N6O2/c1-14-21-17(15-6-5-7-16(12-15)30-2)13-20(29)23-22(21)28(26-14)19-9-8-18(24-25-19)27-10-3-4-11-27/h5-9,12,17H,3-4,10-11,13H2,1-2H3,(H,23,29). The molecule has 1 N–H and O–H groups in total. The topological polar surface area (TPSA) is 85.2 Å². The quantitative estimate of drug-likeness (QED) is 0.719. The smallest absolute Gasteiger partial charge is 0.226 e. The Morgan fingerprint density at radius 2 is 1.87 bits per heavy atom. The molecule has 0 radical (unpaired) electrons. The SMILES string of the molecule is COc1cccc(C2CC(=O)Nc3c2c(C)nn3-c2ccc(N3CCCC3)nn2)c1. The zero-order chi connectivity index (χ0) is 20.7. The van der Waals surface area contributed by atoms with E-state index in [1.54, 1.807) is 11.8 Å². The first-order valence-corrected chi connectivity index (χ1v) is 10.3. The Bertz CT molecular complexity index is 1090. The van der Waals surface area contributed by atoms with E-state index in [1.165, 1.54) is 12.8 Å². The molecule has 3 aromatic rings. The highest BCUT2D eigenvalue weighted by Crippen LogP contribution is 2.40. The number of methoxy groups -OCH3 is 1. The summed E-state index contributed by atoms with van der Waals surface area (Å²) in [5.74, 6) is 2.78. The van der Waals surface area contributed by atoms with Gasteiger partial charge in [0.25, 0.3) is 0 Å². The number of aryl methyl sites for hydroxylation is 1. The summed E-state index contributed by atoms with van der Waals surface area (Å²) in [5.41, 5.74) is 2.90. The van der Waals surface area contributed by atoms with Gasteiger partial charge in [-0.2, -0.15) is 9.78 Å². The van der Waals surface area contributed by atoms with Crippen LogP contribution in [0.15, 0.2) is 36.4 Å². The molecule has 1 atom stereocenters. The maximum atomic E-state index is 12.6. The van der Waals surface area contributed by atoms with Gasteiger partial charge in [0.05, 0.1) is 12.8 Å². The lowest BCUT2D eigenvalue weighted by Gasteiger charge is -2.24. The number of fused-ring (bicyclic) bond motifs is 1. The van der Waals surface area contributed by atoms with Gasteiger partial charge < -0.3 is 15.0 Å². The predicted octanol–water partition coefficient (Wildman–Crippen LogP) is 3.05. The largest absolute Gasteiger partial charge is 0.497 e. The highest BCUT2D eigenvalue weighted by Gasteiger charge is 2.33. The monoisotopic (exact) mass is 404 g/mol. The molecule has 0 saturated carbocycles. The molecule has 2 aliphatic heterocycles. The van der Waals surface area contributed by atoms with Crippen LogP contribution in [0.5, 0.6) is 5.75 Å². The van der Waals surface area contributed by atoms with Crippen molar-refractivity contribution >= 4 is 17.5 Å². The molecule has 0 spiro atoms. The van der Waals surface area contributed by atoms with E-state index < -0.39 is 0 Å². The van der Waals surface area contributed by atoms with Gasteiger partial charge in [-0.1, -0.05) is 12.1 Å². The summed E-state index contributed by atoms with van der Waals surface area (Å²) in [6.45, 7) is 4.00. The Labute approximate surface area is 174 Å². The summed E-state index contributed by atoms with van der Waals surface area (Å²) in [6, 6.07) is 11.7. The van der Waals surface area contributed by atoms with Crippen LogP contribution in [-0.2, 0) is 4.79 Å². The molecule has 8 heteroatoms. The van der Waals surface area contributed by atoms with E-state index in [2.05, 4.69) is 20.4 Å². The van der Waals surface area contributed by atoms with E-state index in [-0.39, 0.29) is 11.8 Å². The van der Waals surface area contributed by atoms with Crippen molar-refractivity contribution in [3.63, 3.8) is 0 Å². The minimum absolute atomic E-state index is 0.0434. The molecule has 2 aromatic heterocycles. The zero-order valence-electron chi connectivity index (χ0n) is 17.1. The highest BCUT2D eigenvalue weighted by molar-refractivity contribution is 5.95. The van der Waals surface area contributed by atoms with E-state index in [1.807, 2.05) is 43.3 Å². The summed E-state index contributed by atoms with van der Waals surface area (Å²) in [6.07, 6.45) is 2.74. The third kappa shape index (κ3) is 3.18. The molecule has 1 unspecified atom stereocenters. The minimum atomic E-state index is -0.0885. The third-order valence-electron chi connectivity index (χ3n) is 5.88. The van der Waals surface area contributed by atoms with E-state index in [9.17, 15) is 4.79 Å². The number of anilines is 2. The van der Waals surface area contributed by atoms with Crippen LogP contribution >= 0.6 is 0 Å². The number of carbonyl (C=O) groups is 1. The summed E-state index contributed by atoms with van der Waals surface area (Å²) >= 11 is 0. The average Bonchev–Trinajstić information content (AvgIpc) is 3.42. The van der Waals surface area contributed by atoms with Crippen LogP contribution in [0, 0.1) is 6.92 Å². The molecule has 1 fully saturated rings. The maximum absolute atomic E-state index is 12.6. The Balaban J connectivity index is 1.54. The van der Waals surface area contributed by atoms with Gasteiger partial charge in [-0.3, -0.25) is 4.79 Å². The van der Waals surface area contributed by atoms with Gasteiger partial charge in [-0.05, 0) is 49.6 Å². The summed E-state index contributed by atoms with van der Waals surface area (Å²) in [4.78, 5) is 14.8. The van der Waals surface area contributed by atoms with Crippen molar-refractivity contribution in [2.24, 2.45) is 0 Å². The van der Waals surface area contributed by atoms with E-state index in [4.69, 9.17) is 9.84 Å². The molecule has 30 heavy (non-hydrogen) atoms. The molecule has 0 bridgehead atoms. The van der Waals surface area contributed by atoms with Gasteiger partial charge in [0.2, 0.25) is 5.91 Å². The van der Waals surface area contributed by atoms with Crippen molar-refractivity contribution in [1.82, 2.24) is 20.0 Å². The number of carbonyl (C=O) groups excluding carboxylic acids is 1. The number of nitrogens with one attached hydrogen (secondary N) is 1. The van der Waals surface area contributed by atoms with Crippen molar-refractivity contribution in [2.75, 3.05) is 30.4 Å². The summed E-state index contributed by atoms with van der Waals surface area (Å²) in [5, 5.41) is 16.5. The van der Waals surface area contributed by atoms with Crippen LogP contribution in [0.2, 0.25) is 0 Å². The lowest BCUT2D eigenvalue weighted by atomic mass is 9.86. The fourth-order valence-corrected chi connectivity index (χ4v) is 4.40. The fourth-order valence-electron chi connectivity index (χ4n) is 4.40. The first-order valence-electron chi connectivity index (χ1n) is 10.3. The van der Waals surface area contributed by atoms with Crippen molar-refractivity contribution in [3.05, 3.63) is 53.2 Å². The second kappa shape index (κ2) is 7.44. The van der Waals surface area contributed by atoms with E-state index in [0.717, 1.165) is 41.5 Å². The number of hydrogen-bond acceptors (Lipinski definition) is 6. The van der Waals surface area contributed by atoms with E-state index in [0.29, 0.717) is 18.1 Å². The number of nitrogens with zero attached hydrogens (tertiary/aromatic N) is 5. The van der Waals surface area contributed by atoms with Crippen LogP contribution in [0.1, 0.15) is 42.0 Å². The number of aromatic nitrogens is 4. The fraction of sp³-hybridized carbons (Fsp3) is 0.364. The van der Waals surface area contributed by atoms with Crippen LogP contribution in [0.4, 0.5) is 11.6 Å². The first-order chi connectivity index (χ1) is 14.6. The van der Waals surface area contributed by atoms with Crippen LogP contribution in [0.3, 0.4) is 0 Å². The number of benzene rings is 1. The molecule has 8 nitrogen and oxygen atoms in total. The van der Waals surface area contributed by atoms with Crippen LogP contribution in [-0.4, -0.2) is 46.1 Å². The Hall–Kier alpha value is -3.42. The normalized spacial score (nSPS) is 18.3. The maximum Gasteiger partial charge on any atom is 0.226 e. The van der Waals surface area contributed by atoms with Gasteiger partial charge in [0.15, 0.2) is 11.6 Å². The van der Waals surface area contributed by atoms with Crippen LogP contribution in [0.25, 0.3) is 5.82 Å². The number of amides is 1. The van der Waals surface area contributed by atoms with Gasteiger partial charge in [-0.25, -0.2) is 0 Å². The van der Waals surface area contributed by atoms with Gasteiger partial charge >= 0.3 is 0 Å². The van der Waals surface area contributed by atoms with Crippen molar-refractivity contribution < 1.29 is 9.53 Å². The lowest BCUT2D eigenvalue weighted by molar-refractivity contribution is -0.116. The summed E-state index contributed by atoms with van der Waals surface area (Å²) in [7, 11) is 1.64. The molecule has 1 amide bonds. The predicted molar refractivity (Wildman–Crippen MR) is 113 cm³/mol. The molecule has 1 aromatic carbocycles. The highest BCUT2D eigenvalue weighted by atomic mass is 16.5. The second-order valence-electron chi connectivity index (χ2n) is 7.78. The second-order valence-corrected chi connectivity index (χ2v) is 7.78.